The smallest absolute Gasteiger partial charge is 0.251 e. The number of hydrogen-bond acceptors (Lipinski definition) is 10. The molecule has 0 saturated carbocycles. The average Bonchev–Trinajstić information content (AvgIpc) is 3.93. The number of aryl methyl sites for hydroxylation is 2. The number of aliphatic hydroxyl groups excluding tert-OH is 1. The number of nitrogens with one attached hydrogen (secondary N) is 5. The highest BCUT2D eigenvalue weighted by Crippen LogP contribution is 2.29. The van der Waals surface area contributed by atoms with Crippen LogP contribution >= 0.6 is 0 Å². The Labute approximate surface area is 328 Å². The largest absolute Gasteiger partial charge is 0.400 e. The molecule has 56 heavy (non-hydrogen) atoms. The van der Waals surface area contributed by atoms with E-state index in [1.807, 2.05) is 43.3 Å². The molecule has 4 heterocycles. The first-order chi connectivity index (χ1) is 27.4. The number of rotatable bonds is 20. The van der Waals surface area contributed by atoms with Crippen molar-refractivity contribution in [1.82, 2.24) is 45.9 Å². The van der Waals surface area contributed by atoms with Gasteiger partial charge in [-0.1, -0.05) is 31.2 Å². The van der Waals surface area contributed by atoms with Crippen LogP contribution in [0.15, 0.2) is 53.5 Å². The minimum atomic E-state index is -0.0838. The number of aldehydes is 1. The Hall–Kier alpha value is -5.05. The first-order valence-electron chi connectivity index (χ1n) is 19.7. The molecule has 1 aliphatic rings. The highest BCUT2D eigenvalue weighted by atomic mass is 16.2. The van der Waals surface area contributed by atoms with Crippen molar-refractivity contribution in [1.29, 1.82) is 0 Å². The SMILES string of the molecule is C=O.CCc1nc(C2CCN(C(CCNC=O)CCC(Cc3cc(C)c4[nH]ncc4c3)NCCC(CCC=O)c3cc4ccccc4[nH]c3=O)CC2)n[nH]1.CO. The van der Waals surface area contributed by atoms with Gasteiger partial charge in [0.25, 0.3) is 5.56 Å². The van der Waals surface area contributed by atoms with E-state index in [2.05, 4.69) is 66.9 Å². The van der Waals surface area contributed by atoms with E-state index in [9.17, 15) is 14.4 Å². The third-order valence-corrected chi connectivity index (χ3v) is 10.9. The van der Waals surface area contributed by atoms with E-state index in [1.54, 1.807) is 0 Å². The third kappa shape index (κ3) is 12.0. The standard InChI is InChI=1S/C40H53N9O3.CH4O.CH2O/c1-3-37-45-39(48-46-37)30-14-18-49(19-15-30)34(13-16-41-26-51)11-10-33(23-28-21-27(2)38-32(22-28)25-43-47-38)42-17-12-29(8-6-20-50)35-24-31-7-4-5-9-36(31)44-40(35)52;2*1-2/h4-5,7,9,20-22,24-26,29-30,33-34,42H,3,6,8,10-19,23H2,1-2H3,(H,41,51)(H,43,47)(H,44,52)(H,45,46,48);2H,1H3;1H2. The number of pyridine rings is 1. The van der Waals surface area contributed by atoms with Crippen LogP contribution in [0, 0.1) is 6.92 Å². The van der Waals surface area contributed by atoms with Crippen LogP contribution in [0.2, 0.25) is 0 Å². The Bertz CT molecular complexity index is 1980. The molecule has 0 radical (unpaired) electrons. The number of benzene rings is 2. The van der Waals surface area contributed by atoms with Crippen LogP contribution in [0.4, 0.5) is 0 Å². The van der Waals surface area contributed by atoms with E-state index in [0.717, 1.165) is 123 Å². The van der Waals surface area contributed by atoms with Gasteiger partial charge in [-0.25, -0.2) is 4.98 Å². The van der Waals surface area contributed by atoms with Gasteiger partial charge in [0.05, 0.1) is 11.7 Å². The van der Waals surface area contributed by atoms with Crippen LogP contribution in [-0.2, 0) is 27.2 Å². The Kier molecular flexibility index (Phi) is 18.0. The lowest BCUT2D eigenvalue weighted by Crippen LogP contribution is -2.43. The first-order valence-corrected chi connectivity index (χ1v) is 19.7. The van der Waals surface area contributed by atoms with Crippen LogP contribution < -0.4 is 16.2 Å². The summed E-state index contributed by atoms with van der Waals surface area (Å²) in [7, 11) is 1.00. The lowest BCUT2D eigenvalue weighted by Gasteiger charge is -2.37. The lowest BCUT2D eigenvalue weighted by molar-refractivity contribution is -0.109. The fraction of sp³-hybridized carbons (Fsp3) is 0.500. The van der Waals surface area contributed by atoms with Gasteiger partial charge in [-0.05, 0) is 119 Å². The van der Waals surface area contributed by atoms with Gasteiger partial charge in [-0.2, -0.15) is 10.2 Å². The number of aromatic nitrogens is 6. The number of H-pyrrole nitrogens is 3. The van der Waals surface area contributed by atoms with Crippen molar-refractivity contribution in [3.63, 3.8) is 0 Å². The summed E-state index contributed by atoms with van der Waals surface area (Å²) >= 11 is 0. The number of likely N-dealkylation sites (tertiary alicyclic amines) is 1. The Morgan fingerprint density at radius 3 is 2.50 bits per heavy atom. The number of para-hydroxylation sites is 1. The number of amides is 1. The predicted molar refractivity (Wildman–Crippen MR) is 220 cm³/mol. The first kappa shape index (κ1) is 43.7. The number of nitrogens with zero attached hydrogens (tertiary/aromatic N) is 4. The molecule has 1 saturated heterocycles. The number of hydrogen-bond donors (Lipinski definition) is 6. The molecule has 6 N–H and O–H groups in total. The minimum Gasteiger partial charge on any atom is -0.400 e. The zero-order valence-corrected chi connectivity index (χ0v) is 33.1. The number of carbonyl (C=O) groups excluding carboxylic acids is 3. The number of fused-ring (bicyclic) bond motifs is 2. The van der Waals surface area contributed by atoms with Crippen LogP contribution in [0.3, 0.4) is 0 Å². The molecule has 0 bridgehead atoms. The van der Waals surface area contributed by atoms with Gasteiger partial charge >= 0.3 is 0 Å². The Morgan fingerprint density at radius 1 is 0.982 bits per heavy atom. The second-order valence-corrected chi connectivity index (χ2v) is 14.4. The number of aromatic amines is 3. The zero-order valence-electron chi connectivity index (χ0n) is 33.1. The van der Waals surface area contributed by atoms with E-state index < -0.39 is 0 Å². The van der Waals surface area contributed by atoms with E-state index >= 15 is 0 Å². The number of piperidine rings is 1. The summed E-state index contributed by atoms with van der Waals surface area (Å²) in [6, 6.07) is 14.8. The molecule has 302 valence electrons. The summed E-state index contributed by atoms with van der Waals surface area (Å²) in [5, 5.41) is 30.9. The van der Waals surface area contributed by atoms with Crippen LogP contribution in [0.25, 0.3) is 21.8 Å². The Balaban J connectivity index is 0.00000169. The number of carbonyl (C=O) groups is 3. The van der Waals surface area contributed by atoms with E-state index in [0.29, 0.717) is 37.9 Å². The van der Waals surface area contributed by atoms with E-state index in [1.165, 1.54) is 11.1 Å². The van der Waals surface area contributed by atoms with E-state index in [-0.39, 0.29) is 17.5 Å². The van der Waals surface area contributed by atoms with Gasteiger partial charge in [-0.3, -0.25) is 19.8 Å². The zero-order chi connectivity index (χ0) is 40.3. The van der Waals surface area contributed by atoms with Crippen molar-refractivity contribution < 1.29 is 19.5 Å². The molecule has 1 amide bonds. The second-order valence-electron chi connectivity index (χ2n) is 14.4. The van der Waals surface area contributed by atoms with Crippen molar-refractivity contribution in [2.45, 2.75) is 102 Å². The van der Waals surface area contributed by atoms with Crippen LogP contribution in [0.5, 0.6) is 0 Å². The lowest BCUT2D eigenvalue weighted by atomic mass is 9.90. The normalized spacial score (nSPS) is 14.9. The molecule has 1 fully saturated rings. The van der Waals surface area contributed by atoms with Gasteiger partial charge in [0.2, 0.25) is 6.41 Å². The molecule has 5 aromatic rings. The van der Waals surface area contributed by atoms with Crippen molar-refractivity contribution in [2.75, 3.05) is 33.3 Å². The summed E-state index contributed by atoms with van der Waals surface area (Å²) in [5.41, 5.74) is 4.96. The summed E-state index contributed by atoms with van der Waals surface area (Å²) in [4.78, 5) is 54.2. The average molecular weight is 770 g/mol. The molecule has 1 aliphatic heterocycles. The molecule has 2 aromatic carbocycles. The van der Waals surface area contributed by atoms with Crippen molar-refractivity contribution in [3.05, 3.63) is 87.4 Å². The highest BCUT2D eigenvalue weighted by molar-refractivity contribution is 5.82. The predicted octanol–water partition coefficient (Wildman–Crippen LogP) is 4.64. The minimum absolute atomic E-state index is 0.0443. The molecule has 3 aromatic heterocycles. The van der Waals surface area contributed by atoms with Crippen molar-refractivity contribution in [3.8, 4) is 0 Å². The molecule has 0 spiro atoms. The molecule has 14 heteroatoms. The molecule has 3 atom stereocenters. The quantitative estimate of drug-likeness (QED) is 0.0479. The fourth-order valence-corrected chi connectivity index (χ4v) is 8.03. The molecular formula is C42H59N9O5. The maximum Gasteiger partial charge on any atom is 0.251 e. The fourth-order valence-electron chi connectivity index (χ4n) is 8.03. The van der Waals surface area contributed by atoms with Crippen LogP contribution in [0.1, 0.15) is 98.5 Å². The third-order valence-electron chi connectivity index (χ3n) is 10.9. The molecule has 6 rings (SSSR count). The summed E-state index contributed by atoms with van der Waals surface area (Å²) in [6.45, 7) is 9.50. The van der Waals surface area contributed by atoms with Crippen LogP contribution in [-0.4, -0.2) is 105 Å². The number of aliphatic hydroxyl groups is 1. The van der Waals surface area contributed by atoms with Gasteiger partial charge in [0.15, 0.2) is 5.82 Å². The molecule has 0 aliphatic carbocycles. The van der Waals surface area contributed by atoms with Crippen molar-refractivity contribution in [2.24, 2.45) is 0 Å². The van der Waals surface area contributed by atoms with Gasteiger partial charge in [0, 0.05) is 61.0 Å². The summed E-state index contributed by atoms with van der Waals surface area (Å²) in [5.74, 6) is 2.19. The van der Waals surface area contributed by atoms with Crippen molar-refractivity contribution >= 4 is 41.3 Å². The summed E-state index contributed by atoms with van der Waals surface area (Å²) < 4.78 is 0. The van der Waals surface area contributed by atoms with E-state index in [4.69, 9.17) is 14.9 Å². The summed E-state index contributed by atoms with van der Waals surface area (Å²) in [6.07, 6.45) is 11.9. The maximum absolute atomic E-state index is 13.2. The monoisotopic (exact) mass is 769 g/mol. The molecule has 3 unspecified atom stereocenters. The topological polar surface area (TPSA) is 202 Å². The second kappa shape index (κ2) is 23.1. The Morgan fingerprint density at radius 2 is 1.77 bits per heavy atom. The molecular weight excluding hydrogens is 711 g/mol. The molecule has 14 nitrogen and oxygen atoms in total. The van der Waals surface area contributed by atoms with Gasteiger partial charge in [0.1, 0.15) is 18.9 Å². The highest BCUT2D eigenvalue weighted by Gasteiger charge is 2.28. The maximum atomic E-state index is 13.2. The van der Waals surface area contributed by atoms with Gasteiger partial charge < -0.3 is 35.2 Å². The van der Waals surface area contributed by atoms with Gasteiger partial charge in [-0.15, -0.1) is 0 Å².